The lowest BCUT2D eigenvalue weighted by molar-refractivity contribution is 0.261. The number of nitrogens with one attached hydrogen (secondary N) is 4. The molecule has 0 unspecified atom stereocenters. The Morgan fingerprint density at radius 3 is 1.27 bits per heavy atom. The van der Waals surface area contributed by atoms with Gasteiger partial charge < -0.3 is 30.1 Å². The van der Waals surface area contributed by atoms with Crippen LogP contribution in [0.25, 0.3) is 45.8 Å². The number of hydrogen-bond donors (Lipinski definition) is 4. The molecule has 0 spiro atoms. The Balaban J connectivity index is 0.929. The first-order valence-electron chi connectivity index (χ1n) is 15.2. The largest absolute Gasteiger partial charge is 0.416 e. The van der Waals surface area contributed by atoms with Crippen LogP contribution in [-0.2, 0) is 0 Å². The number of carbonyl (C=O) groups is 2. The second kappa shape index (κ2) is 13.7. The van der Waals surface area contributed by atoms with E-state index in [1.165, 1.54) is 0 Å². The second-order valence-corrected chi connectivity index (χ2v) is 10.9. The minimum Gasteiger partial charge on any atom is -0.416 e. The second-order valence-electron chi connectivity index (χ2n) is 10.9. The lowest BCUT2D eigenvalue weighted by atomic mass is 10.2. The third kappa shape index (κ3) is 7.34. The van der Waals surface area contributed by atoms with Crippen LogP contribution in [-0.4, -0.2) is 32.5 Å². The first-order valence-corrected chi connectivity index (χ1v) is 15.2. The molecule has 5 aromatic carbocycles. The summed E-state index contributed by atoms with van der Waals surface area (Å²) < 4.78 is 11.6. The molecule has 4 N–H and O–H groups in total. The summed E-state index contributed by atoms with van der Waals surface area (Å²) in [7, 11) is 0. The van der Waals surface area contributed by atoms with E-state index in [2.05, 4.69) is 41.7 Å². The molecule has 2 aromatic heterocycles. The van der Waals surface area contributed by atoms with E-state index in [1.807, 2.05) is 67.6 Å². The van der Waals surface area contributed by atoms with Gasteiger partial charge in [0.15, 0.2) is 0 Å². The van der Waals surface area contributed by atoms with Crippen LogP contribution < -0.4 is 21.3 Å². The lowest BCUT2D eigenvalue weighted by Crippen LogP contribution is -2.21. The minimum atomic E-state index is -0.451. The van der Waals surface area contributed by atoms with Gasteiger partial charge >= 0.3 is 12.1 Å². The van der Waals surface area contributed by atoms with Gasteiger partial charge in [-0.2, -0.15) is 0 Å². The summed E-state index contributed by atoms with van der Waals surface area (Å²) in [4.78, 5) is 25.6. The van der Waals surface area contributed by atoms with Crippen LogP contribution in [0, 0.1) is 6.92 Å². The van der Waals surface area contributed by atoms with Crippen molar-refractivity contribution in [3.05, 3.63) is 133 Å². The first-order chi connectivity index (χ1) is 24.0. The molecule has 240 valence electrons. The van der Waals surface area contributed by atoms with Crippen LogP contribution in [0.15, 0.2) is 136 Å². The fraction of sp³-hybridized carbons (Fsp3) is 0.0270. The van der Waals surface area contributed by atoms with Crippen LogP contribution >= 0.6 is 0 Å². The number of urea groups is 2. The SMILES string of the molecule is Cc1ccc(NC(=O)Nc2ccc(-c3nnc(-c4ccccc4)o3)cc2)cc1NC(=O)Nc1ccc(-c2nnc(-c3ccccc3)o2)cc1. The van der Waals surface area contributed by atoms with Crippen molar-refractivity contribution in [1.29, 1.82) is 0 Å². The molecule has 0 saturated heterocycles. The summed E-state index contributed by atoms with van der Waals surface area (Å²) in [6.07, 6.45) is 0. The molecule has 0 aliphatic heterocycles. The molecule has 0 bridgehead atoms. The van der Waals surface area contributed by atoms with Gasteiger partial charge in [-0.3, -0.25) is 0 Å². The molecule has 7 aromatic rings. The zero-order chi connectivity index (χ0) is 33.6. The maximum atomic E-state index is 12.8. The quantitative estimate of drug-likeness (QED) is 0.127. The Hall–Kier alpha value is -7.08. The van der Waals surface area contributed by atoms with E-state index >= 15 is 0 Å². The molecule has 0 aliphatic rings. The number of carbonyl (C=O) groups excluding carboxylic acids is 2. The van der Waals surface area contributed by atoms with Crippen LogP contribution in [0.4, 0.5) is 32.3 Å². The van der Waals surface area contributed by atoms with E-state index in [9.17, 15) is 9.59 Å². The van der Waals surface area contributed by atoms with E-state index in [4.69, 9.17) is 8.83 Å². The van der Waals surface area contributed by atoms with E-state index in [0.717, 1.165) is 16.7 Å². The van der Waals surface area contributed by atoms with Crippen molar-refractivity contribution in [3.63, 3.8) is 0 Å². The fourth-order valence-electron chi connectivity index (χ4n) is 4.88. The Kier molecular flexibility index (Phi) is 8.56. The Morgan fingerprint density at radius 1 is 0.449 bits per heavy atom. The standard InChI is InChI=1S/C37H28N8O4/c1-23-12-17-30(40-36(46)38-28-18-13-26(14-19-28)34-44-42-32(48-34)24-8-4-2-5-9-24)22-31(23)41-37(47)39-29-20-15-27(16-21-29)35-45-43-33(49-35)25-10-6-3-7-11-25/h2-22H,1H3,(H2,38,40,46)(H2,39,41,47). The number of aromatic nitrogens is 4. The molecular weight excluding hydrogens is 620 g/mol. The Labute approximate surface area is 280 Å². The van der Waals surface area contributed by atoms with Crippen LogP contribution in [0.5, 0.6) is 0 Å². The summed E-state index contributed by atoms with van der Waals surface area (Å²) in [5.41, 5.74) is 6.07. The van der Waals surface area contributed by atoms with E-state index in [-0.39, 0.29) is 0 Å². The molecule has 0 fully saturated rings. The van der Waals surface area contributed by atoms with Crippen LogP contribution in [0.1, 0.15) is 5.56 Å². The van der Waals surface area contributed by atoms with Crippen LogP contribution in [0.3, 0.4) is 0 Å². The third-order valence-electron chi connectivity index (χ3n) is 7.41. The maximum Gasteiger partial charge on any atom is 0.323 e. The maximum absolute atomic E-state index is 12.8. The number of rotatable bonds is 8. The highest BCUT2D eigenvalue weighted by Crippen LogP contribution is 2.27. The molecule has 0 aliphatic carbocycles. The topological polar surface area (TPSA) is 160 Å². The van der Waals surface area contributed by atoms with Gasteiger partial charge in [0, 0.05) is 45.0 Å². The van der Waals surface area contributed by atoms with Gasteiger partial charge in [0.2, 0.25) is 23.6 Å². The van der Waals surface area contributed by atoms with Gasteiger partial charge in [-0.25, -0.2) is 9.59 Å². The molecule has 2 heterocycles. The number of amides is 4. The zero-order valence-corrected chi connectivity index (χ0v) is 26.0. The molecule has 0 saturated carbocycles. The average Bonchev–Trinajstić information content (AvgIpc) is 3.83. The number of anilines is 4. The molecule has 0 radical (unpaired) electrons. The summed E-state index contributed by atoms with van der Waals surface area (Å²) in [6, 6.07) is 37.5. The minimum absolute atomic E-state index is 0.372. The van der Waals surface area contributed by atoms with E-state index < -0.39 is 12.1 Å². The molecule has 7 rings (SSSR count). The van der Waals surface area contributed by atoms with E-state index in [1.54, 1.807) is 66.7 Å². The fourth-order valence-corrected chi connectivity index (χ4v) is 4.88. The zero-order valence-electron chi connectivity index (χ0n) is 26.0. The number of aryl methyl sites for hydroxylation is 1. The van der Waals surface area contributed by atoms with Crippen LogP contribution in [0.2, 0.25) is 0 Å². The predicted molar refractivity (Wildman–Crippen MR) is 187 cm³/mol. The molecule has 4 amide bonds. The molecule has 12 nitrogen and oxygen atoms in total. The molecular formula is C37H28N8O4. The smallest absolute Gasteiger partial charge is 0.323 e. The van der Waals surface area contributed by atoms with Gasteiger partial charge in [0.05, 0.1) is 0 Å². The third-order valence-corrected chi connectivity index (χ3v) is 7.41. The highest BCUT2D eigenvalue weighted by Gasteiger charge is 2.13. The highest BCUT2D eigenvalue weighted by atomic mass is 16.4. The molecule has 12 heteroatoms. The Morgan fingerprint density at radius 2 is 0.816 bits per heavy atom. The van der Waals surface area contributed by atoms with Crippen molar-refractivity contribution in [2.45, 2.75) is 6.92 Å². The average molecular weight is 649 g/mol. The predicted octanol–water partition coefficient (Wildman–Crippen LogP) is 8.72. The van der Waals surface area contributed by atoms with E-state index in [0.29, 0.717) is 57.4 Å². The lowest BCUT2D eigenvalue weighted by Gasteiger charge is -2.13. The summed E-state index contributed by atoms with van der Waals surface area (Å²) >= 11 is 0. The van der Waals surface area contributed by atoms with Crippen molar-refractivity contribution < 1.29 is 18.4 Å². The summed E-state index contributed by atoms with van der Waals surface area (Å²) in [5, 5.41) is 27.8. The number of hydrogen-bond acceptors (Lipinski definition) is 8. The van der Waals surface area contributed by atoms with Crippen molar-refractivity contribution in [2.75, 3.05) is 21.3 Å². The van der Waals surface area contributed by atoms with Crippen molar-refractivity contribution in [3.8, 4) is 45.8 Å². The molecule has 0 atom stereocenters. The molecule has 49 heavy (non-hydrogen) atoms. The summed E-state index contributed by atoms with van der Waals surface area (Å²) in [6.45, 7) is 1.86. The van der Waals surface area contributed by atoms with Gasteiger partial charge in [-0.1, -0.05) is 42.5 Å². The van der Waals surface area contributed by atoms with Gasteiger partial charge in [-0.05, 0) is 97.4 Å². The number of benzene rings is 5. The number of nitrogens with zero attached hydrogens (tertiary/aromatic N) is 4. The first kappa shape index (κ1) is 30.6. The highest BCUT2D eigenvalue weighted by molar-refractivity contribution is 6.02. The normalized spacial score (nSPS) is 10.7. The van der Waals surface area contributed by atoms with Gasteiger partial charge in [0.25, 0.3) is 0 Å². The van der Waals surface area contributed by atoms with Gasteiger partial charge in [-0.15, -0.1) is 20.4 Å². The Bertz CT molecular complexity index is 2220. The van der Waals surface area contributed by atoms with Crippen molar-refractivity contribution in [1.82, 2.24) is 20.4 Å². The summed E-state index contributed by atoms with van der Waals surface area (Å²) in [5.74, 6) is 1.60. The monoisotopic (exact) mass is 648 g/mol. The van der Waals surface area contributed by atoms with Crippen molar-refractivity contribution in [2.24, 2.45) is 0 Å². The van der Waals surface area contributed by atoms with Crippen molar-refractivity contribution >= 4 is 34.8 Å². The van der Waals surface area contributed by atoms with Gasteiger partial charge in [0.1, 0.15) is 0 Å².